The Morgan fingerprint density at radius 3 is 2.75 bits per heavy atom. The van der Waals surface area contributed by atoms with Gasteiger partial charge in [0.2, 0.25) is 5.91 Å². The van der Waals surface area contributed by atoms with Gasteiger partial charge in [-0.05, 0) is 49.8 Å². The Morgan fingerprint density at radius 1 is 1.21 bits per heavy atom. The Bertz CT molecular complexity index is 582. The van der Waals surface area contributed by atoms with Crippen LogP contribution >= 0.6 is 0 Å². The summed E-state index contributed by atoms with van der Waals surface area (Å²) in [5, 5.41) is 3.06. The van der Waals surface area contributed by atoms with Crippen molar-refractivity contribution in [3.05, 3.63) is 35.4 Å². The van der Waals surface area contributed by atoms with Crippen LogP contribution in [0.1, 0.15) is 37.7 Å². The topological polar surface area (TPSA) is 47.6 Å². The van der Waals surface area contributed by atoms with Crippen molar-refractivity contribution in [2.24, 2.45) is 0 Å². The van der Waals surface area contributed by atoms with Crippen LogP contribution in [0, 0.1) is 11.6 Å². The summed E-state index contributed by atoms with van der Waals surface area (Å²) < 4.78 is 37.4. The summed E-state index contributed by atoms with van der Waals surface area (Å²) in [5.41, 5.74) is 0.464. The molecule has 0 saturated carbocycles. The van der Waals surface area contributed by atoms with Crippen LogP contribution in [0.5, 0.6) is 0 Å². The molecule has 2 aliphatic rings. The largest absolute Gasteiger partial charge is 0.381 e. The predicted octanol–water partition coefficient (Wildman–Crippen LogP) is 2.74. The minimum absolute atomic E-state index is 0.0613. The van der Waals surface area contributed by atoms with Gasteiger partial charge in [0.25, 0.3) is 0 Å². The SMILES string of the molecule is O=C(CCc1ccc(F)c(F)c1)NC1CCOC2(CCOCC2)C1. The number of amides is 1. The lowest BCUT2D eigenvalue weighted by Crippen LogP contribution is -2.51. The van der Waals surface area contributed by atoms with Gasteiger partial charge in [0.15, 0.2) is 11.6 Å². The highest BCUT2D eigenvalue weighted by atomic mass is 19.2. The number of ether oxygens (including phenoxy) is 2. The standard InChI is InChI=1S/C18H23F2NO3/c19-15-3-1-13(11-16(15)20)2-4-17(22)21-14-5-8-24-18(12-14)6-9-23-10-7-18/h1,3,11,14H,2,4-10,12H2,(H,21,22). The number of benzene rings is 1. The summed E-state index contributed by atoms with van der Waals surface area (Å²) in [6.07, 6.45) is 4.01. The van der Waals surface area contributed by atoms with Crippen molar-refractivity contribution in [1.29, 1.82) is 0 Å². The van der Waals surface area contributed by atoms with Gasteiger partial charge < -0.3 is 14.8 Å². The first kappa shape index (κ1) is 17.3. The third-order valence-corrected chi connectivity index (χ3v) is 4.89. The number of rotatable bonds is 4. The number of halogens is 2. The van der Waals surface area contributed by atoms with Gasteiger partial charge in [0, 0.05) is 32.3 Å². The summed E-state index contributed by atoms with van der Waals surface area (Å²) >= 11 is 0. The number of aryl methyl sites for hydroxylation is 1. The average molecular weight is 339 g/mol. The Kier molecular flexibility index (Phi) is 5.46. The normalized spacial score (nSPS) is 23.2. The van der Waals surface area contributed by atoms with Gasteiger partial charge in [-0.1, -0.05) is 6.07 Å². The quantitative estimate of drug-likeness (QED) is 0.918. The van der Waals surface area contributed by atoms with Gasteiger partial charge >= 0.3 is 0 Å². The monoisotopic (exact) mass is 339 g/mol. The fourth-order valence-corrected chi connectivity index (χ4v) is 3.50. The van der Waals surface area contributed by atoms with Gasteiger partial charge in [-0.25, -0.2) is 8.78 Å². The molecule has 24 heavy (non-hydrogen) atoms. The molecule has 3 rings (SSSR count). The van der Waals surface area contributed by atoms with Crippen LogP contribution in [0.2, 0.25) is 0 Å². The maximum absolute atomic E-state index is 13.2. The summed E-state index contributed by atoms with van der Waals surface area (Å²) in [7, 11) is 0. The molecule has 1 N–H and O–H groups in total. The molecule has 4 nitrogen and oxygen atoms in total. The molecule has 6 heteroatoms. The molecule has 1 aromatic rings. The molecule has 1 amide bonds. The zero-order valence-electron chi connectivity index (χ0n) is 13.7. The molecule has 2 heterocycles. The summed E-state index contributed by atoms with van der Waals surface area (Å²) in [4.78, 5) is 12.2. The van der Waals surface area contributed by atoms with Gasteiger partial charge in [0.1, 0.15) is 0 Å². The molecule has 132 valence electrons. The van der Waals surface area contributed by atoms with Crippen LogP contribution in [0.25, 0.3) is 0 Å². The maximum Gasteiger partial charge on any atom is 0.220 e. The summed E-state index contributed by atoms with van der Waals surface area (Å²) in [6, 6.07) is 3.86. The van der Waals surface area contributed by atoms with Crippen molar-refractivity contribution < 1.29 is 23.0 Å². The van der Waals surface area contributed by atoms with Crippen LogP contribution < -0.4 is 5.32 Å². The molecule has 0 aromatic heterocycles. The van der Waals surface area contributed by atoms with Gasteiger partial charge in [-0.15, -0.1) is 0 Å². The van der Waals surface area contributed by atoms with E-state index in [-0.39, 0.29) is 24.0 Å². The highest BCUT2D eigenvalue weighted by molar-refractivity contribution is 5.76. The molecule has 1 atom stereocenters. The number of hydrogen-bond acceptors (Lipinski definition) is 3. The number of hydrogen-bond donors (Lipinski definition) is 1. The van der Waals surface area contributed by atoms with E-state index >= 15 is 0 Å². The molecule has 1 unspecified atom stereocenters. The van der Waals surface area contributed by atoms with Crippen LogP contribution in [-0.2, 0) is 20.7 Å². The Hall–Kier alpha value is -1.53. The van der Waals surface area contributed by atoms with E-state index in [0.29, 0.717) is 31.8 Å². The molecule has 0 radical (unpaired) electrons. The zero-order chi connectivity index (χ0) is 17.0. The van der Waals surface area contributed by atoms with Crippen molar-refractivity contribution in [2.75, 3.05) is 19.8 Å². The van der Waals surface area contributed by atoms with E-state index in [4.69, 9.17) is 9.47 Å². The Balaban J connectivity index is 1.48. The molecule has 2 aliphatic heterocycles. The minimum atomic E-state index is -0.876. The van der Waals surface area contributed by atoms with E-state index in [1.54, 1.807) is 0 Å². The molecule has 2 fully saturated rings. The molecular weight excluding hydrogens is 316 g/mol. The van der Waals surface area contributed by atoms with Crippen LogP contribution in [0.4, 0.5) is 8.78 Å². The molecular formula is C18H23F2NO3. The van der Waals surface area contributed by atoms with Crippen molar-refractivity contribution in [2.45, 2.75) is 50.2 Å². The number of nitrogens with one attached hydrogen (secondary N) is 1. The van der Waals surface area contributed by atoms with Gasteiger partial charge in [0.05, 0.1) is 5.60 Å². The van der Waals surface area contributed by atoms with Crippen molar-refractivity contribution in [3.8, 4) is 0 Å². The summed E-state index contributed by atoms with van der Waals surface area (Å²) in [5.74, 6) is -1.81. The second kappa shape index (κ2) is 7.57. The summed E-state index contributed by atoms with van der Waals surface area (Å²) in [6.45, 7) is 2.06. The third-order valence-electron chi connectivity index (χ3n) is 4.89. The molecule has 1 aromatic carbocycles. The van der Waals surface area contributed by atoms with Crippen molar-refractivity contribution in [1.82, 2.24) is 5.32 Å². The predicted molar refractivity (Wildman–Crippen MR) is 84.6 cm³/mol. The fraction of sp³-hybridized carbons (Fsp3) is 0.611. The Morgan fingerprint density at radius 2 is 2.00 bits per heavy atom. The van der Waals surface area contributed by atoms with E-state index in [0.717, 1.165) is 37.8 Å². The van der Waals surface area contributed by atoms with Crippen LogP contribution in [0.15, 0.2) is 18.2 Å². The van der Waals surface area contributed by atoms with Crippen LogP contribution in [-0.4, -0.2) is 37.4 Å². The minimum Gasteiger partial charge on any atom is -0.381 e. The first-order valence-electron chi connectivity index (χ1n) is 8.51. The van der Waals surface area contributed by atoms with E-state index in [2.05, 4.69) is 5.32 Å². The van der Waals surface area contributed by atoms with E-state index in [1.807, 2.05) is 0 Å². The molecule has 1 spiro atoms. The number of carbonyl (C=O) groups excluding carboxylic acids is 1. The van der Waals surface area contributed by atoms with Crippen molar-refractivity contribution >= 4 is 5.91 Å². The zero-order valence-corrected chi connectivity index (χ0v) is 13.7. The first-order chi connectivity index (χ1) is 11.6. The molecule has 0 aliphatic carbocycles. The second-order valence-corrected chi connectivity index (χ2v) is 6.65. The molecule has 2 saturated heterocycles. The van der Waals surface area contributed by atoms with E-state index in [9.17, 15) is 13.6 Å². The van der Waals surface area contributed by atoms with E-state index in [1.165, 1.54) is 6.07 Å². The number of carbonyl (C=O) groups is 1. The highest BCUT2D eigenvalue weighted by Gasteiger charge is 2.39. The lowest BCUT2D eigenvalue weighted by molar-refractivity contribution is -0.144. The smallest absolute Gasteiger partial charge is 0.220 e. The Labute approximate surface area is 140 Å². The average Bonchev–Trinajstić information content (AvgIpc) is 2.57. The lowest BCUT2D eigenvalue weighted by atomic mass is 9.84. The second-order valence-electron chi connectivity index (χ2n) is 6.65. The van der Waals surface area contributed by atoms with Gasteiger partial charge in [-0.2, -0.15) is 0 Å². The first-order valence-corrected chi connectivity index (χ1v) is 8.51. The maximum atomic E-state index is 13.2. The van der Waals surface area contributed by atoms with Crippen molar-refractivity contribution in [3.63, 3.8) is 0 Å². The highest BCUT2D eigenvalue weighted by Crippen LogP contribution is 2.34. The lowest BCUT2D eigenvalue weighted by Gasteiger charge is -2.43. The van der Waals surface area contributed by atoms with E-state index < -0.39 is 11.6 Å². The van der Waals surface area contributed by atoms with Crippen LogP contribution in [0.3, 0.4) is 0 Å². The molecule has 0 bridgehead atoms. The fourth-order valence-electron chi connectivity index (χ4n) is 3.50. The third kappa shape index (κ3) is 4.30. The van der Waals surface area contributed by atoms with Gasteiger partial charge in [-0.3, -0.25) is 4.79 Å².